The number of hydrogen-bond acceptors (Lipinski definition) is 4. The topological polar surface area (TPSA) is 55.3 Å². The molecule has 0 atom stereocenters. The van der Waals surface area contributed by atoms with Gasteiger partial charge >= 0.3 is 0 Å². The van der Waals surface area contributed by atoms with Crippen LogP contribution in [-0.2, 0) is 6.54 Å². The molecule has 0 aliphatic rings. The van der Waals surface area contributed by atoms with Gasteiger partial charge in [0.25, 0.3) is 5.91 Å². The van der Waals surface area contributed by atoms with E-state index in [4.69, 9.17) is 4.74 Å². The van der Waals surface area contributed by atoms with Crippen molar-refractivity contribution in [3.05, 3.63) is 115 Å². The van der Waals surface area contributed by atoms with Crippen LogP contribution in [0.1, 0.15) is 16.1 Å². The number of aromatic nitrogens is 2. The predicted molar refractivity (Wildman–Crippen MR) is 112 cm³/mol. The monoisotopic (exact) mass is 381 g/mol. The van der Waals surface area contributed by atoms with Gasteiger partial charge in [0.2, 0.25) is 0 Å². The Kier molecular flexibility index (Phi) is 5.58. The minimum absolute atomic E-state index is 0.130. The van der Waals surface area contributed by atoms with Crippen LogP contribution in [0.15, 0.2) is 104 Å². The number of hydrogen-bond donors (Lipinski definition) is 0. The molecule has 4 rings (SSSR count). The van der Waals surface area contributed by atoms with Crippen molar-refractivity contribution >= 4 is 11.6 Å². The lowest BCUT2D eigenvalue weighted by molar-refractivity contribution is 0.0984. The Balaban J connectivity index is 1.57. The van der Waals surface area contributed by atoms with Crippen LogP contribution in [0.25, 0.3) is 0 Å². The summed E-state index contributed by atoms with van der Waals surface area (Å²) >= 11 is 0. The number of pyridine rings is 2. The van der Waals surface area contributed by atoms with Crippen molar-refractivity contribution < 1.29 is 9.53 Å². The van der Waals surface area contributed by atoms with Crippen molar-refractivity contribution in [2.24, 2.45) is 0 Å². The molecule has 5 nitrogen and oxygen atoms in total. The fourth-order valence-electron chi connectivity index (χ4n) is 2.89. The van der Waals surface area contributed by atoms with Gasteiger partial charge in [0.05, 0.1) is 24.1 Å². The minimum Gasteiger partial charge on any atom is -0.457 e. The number of amides is 1. The molecule has 0 aliphatic heterocycles. The van der Waals surface area contributed by atoms with Gasteiger partial charge in [-0.2, -0.15) is 0 Å². The van der Waals surface area contributed by atoms with E-state index in [0.717, 1.165) is 11.4 Å². The molecule has 1 amide bonds. The molecule has 0 N–H and O–H groups in total. The van der Waals surface area contributed by atoms with E-state index in [9.17, 15) is 4.79 Å². The van der Waals surface area contributed by atoms with Crippen LogP contribution >= 0.6 is 0 Å². The number of ether oxygens (including phenoxy) is 1. The van der Waals surface area contributed by atoms with Gasteiger partial charge in [0, 0.05) is 18.0 Å². The summed E-state index contributed by atoms with van der Waals surface area (Å²) in [6, 6.07) is 26.0. The van der Waals surface area contributed by atoms with E-state index < -0.39 is 0 Å². The standard InChI is InChI=1S/C24H19N3O2/c28-24(19-11-13-23(14-12-19)29-22-9-2-1-3-10-22)27(21-8-6-15-25-17-21)18-20-7-4-5-16-26-20/h1-17H,18H2. The molecule has 0 radical (unpaired) electrons. The summed E-state index contributed by atoms with van der Waals surface area (Å²) in [4.78, 5) is 23.4. The fraction of sp³-hybridized carbons (Fsp3) is 0.0417. The Morgan fingerprint density at radius 2 is 1.55 bits per heavy atom. The minimum atomic E-state index is -0.130. The van der Waals surface area contributed by atoms with Crippen LogP contribution in [0.3, 0.4) is 0 Å². The first-order valence-corrected chi connectivity index (χ1v) is 9.24. The molecule has 29 heavy (non-hydrogen) atoms. The molecule has 2 heterocycles. The van der Waals surface area contributed by atoms with Crippen molar-refractivity contribution in [1.29, 1.82) is 0 Å². The normalized spacial score (nSPS) is 10.3. The average Bonchev–Trinajstić information content (AvgIpc) is 2.79. The van der Waals surface area contributed by atoms with Gasteiger partial charge in [-0.1, -0.05) is 24.3 Å². The van der Waals surface area contributed by atoms with E-state index >= 15 is 0 Å². The number of anilines is 1. The zero-order valence-corrected chi connectivity index (χ0v) is 15.7. The first kappa shape index (κ1) is 18.4. The molecule has 2 aromatic carbocycles. The Labute approximate surface area is 169 Å². The van der Waals surface area contributed by atoms with Gasteiger partial charge in [-0.05, 0) is 60.7 Å². The maximum atomic E-state index is 13.2. The van der Waals surface area contributed by atoms with E-state index in [1.807, 2.05) is 60.7 Å². The highest BCUT2D eigenvalue weighted by Gasteiger charge is 2.19. The highest BCUT2D eigenvalue weighted by Crippen LogP contribution is 2.23. The number of benzene rings is 2. The van der Waals surface area contributed by atoms with Crippen molar-refractivity contribution in [3.8, 4) is 11.5 Å². The largest absolute Gasteiger partial charge is 0.457 e. The number of nitrogens with zero attached hydrogens (tertiary/aromatic N) is 3. The van der Waals surface area contributed by atoms with Crippen LogP contribution in [0.5, 0.6) is 11.5 Å². The van der Waals surface area contributed by atoms with E-state index in [-0.39, 0.29) is 5.91 Å². The van der Waals surface area contributed by atoms with Crippen LogP contribution in [0.2, 0.25) is 0 Å². The summed E-state index contributed by atoms with van der Waals surface area (Å²) in [6.07, 6.45) is 5.08. The first-order valence-electron chi connectivity index (χ1n) is 9.24. The summed E-state index contributed by atoms with van der Waals surface area (Å²) in [5.41, 5.74) is 2.08. The van der Waals surface area contributed by atoms with E-state index in [1.165, 1.54) is 0 Å². The highest BCUT2D eigenvalue weighted by molar-refractivity contribution is 6.05. The van der Waals surface area contributed by atoms with Gasteiger partial charge in [0.15, 0.2) is 0 Å². The first-order chi connectivity index (χ1) is 14.3. The molecule has 0 bridgehead atoms. The highest BCUT2D eigenvalue weighted by atomic mass is 16.5. The van der Waals surface area contributed by atoms with Crippen LogP contribution in [-0.4, -0.2) is 15.9 Å². The summed E-state index contributed by atoms with van der Waals surface area (Å²) in [7, 11) is 0. The van der Waals surface area contributed by atoms with Crippen molar-refractivity contribution in [1.82, 2.24) is 9.97 Å². The number of carbonyl (C=O) groups is 1. The van der Waals surface area contributed by atoms with Gasteiger partial charge in [-0.25, -0.2) is 0 Å². The zero-order chi connectivity index (χ0) is 19.9. The molecule has 5 heteroatoms. The lowest BCUT2D eigenvalue weighted by Crippen LogP contribution is -2.30. The molecular formula is C24H19N3O2. The molecule has 0 spiro atoms. The summed E-state index contributed by atoms with van der Waals surface area (Å²) in [5, 5.41) is 0. The molecule has 0 saturated heterocycles. The predicted octanol–water partition coefficient (Wildman–Crippen LogP) is 5.12. The van der Waals surface area contributed by atoms with E-state index in [2.05, 4.69) is 9.97 Å². The Morgan fingerprint density at radius 1 is 0.793 bits per heavy atom. The fourth-order valence-corrected chi connectivity index (χ4v) is 2.89. The SMILES string of the molecule is O=C(c1ccc(Oc2ccccc2)cc1)N(Cc1ccccn1)c1cccnc1. The zero-order valence-electron chi connectivity index (χ0n) is 15.7. The van der Waals surface area contributed by atoms with E-state index in [0.29, 0.717) is 23.5 Å². The van der Waals surface area contributed by atoms with Gasteiger partial charge in [0.1, 0.15) is 11.5 Å². The summed E-state index contributed by atoms with van der Waals surface area (Å²) < 4.78 is 5.81. The second-order valence-corrected chi connectivity index (χ2v) is 6.36. The average molecular weight is 381 g/mol. The van der Waals surface area contributed by atoms with Crippen LogP contribution in [0.4, 0.5) is 5.69 Å². The lowest BCUT2D eigenvalue weighted by Gasteiger charge is -2.22. The Hall–Kier alpha value is -3.99. The van der Waals surface area contributed by atoms with E-state index in [1.54, 1.807) is 47.8 Å². The third-order valence-corrected chi connectivity index (χ3v) is 4.33. The van der Waals surface area contributed by atoms with Gasteiger partial charge in [-0.15, -0.1) is 0 Å². The van der Waals surface area contributed by atoms with Crippen molar-refractivity contribution in [3.63, 3.8) is 0 Å². The third kappa shape index (κ3) is 4.65. The van der Waals surface area contributed by atoms with Crippen LogP contribution in [0, 0.1) is 0 Å². The smallest absolute Gasteiger partial charge is 0.258 e. The molecule has 4 aromatic rings. The second kappa shape index (κ2) is 8.80. The second-order valence-electron chi connectivity index (χ2n) is 6.36. The molecule has 142 valence electrons. The number of rotatable bonds is 6. The molecule has 0 fully saturated rings. The Bertz CT molecular complexity index is 1050. The van der Waals surface area contributed by atoms with Gasteiger partial charge in [-0.3, -0.25) is 14.8 Å². The molecular weight excluding hydrogens is 362 g/mol. The third-order valence-electron chi connectivity index (χ3n) is 4.33. The molecule has 0 aliphatic carbocycles. The quantitative estimate of drug-likeness (QED) is 0.465. The molecule has 2 aromatic heterocycles. The summed E-state index contributed by atoms with van der Waals surface area (Å²) in [5.74, 6) is 1.29. The van der Waals surface area contributed by atoms with Crippen LogP contribution < -0.4 is 9.64 Å². The maximum absolute atomic E-state index is 13.2. The van der Waals surface area contributed by atoms with Gasteiger partial charge < -0.3 is 9.64 Å². The van der Waals surface area contributed by atoms with Crippen molar-refractivity contribution in [2.75, 3.05) is 4.90 Å². The maximum Gasteiger partial charge on any atom is 0.258 e. The number of carbonyl (C=O) groups excluding carboxylic acids is 1. The number of para-hydroxylation sites is 1. The molecule has 0 unspecified atom stereocenters. The van der Waals surface area contributed by atoms with Crippen molar-refractivity contribution in [2.45, 2.75) is 6.54 Å². The Morgan fingerprint density at radius 3 is 2.24 bits per heavy atom. The lowest BCUT2D eigenvalue weighted by atomic mass is 10.1. The summed E-state index contributed by atoms with van der Waals surface area (Å²) in [6.45, 7) is 0.355. The molecule has 0 saturated carbocycles.